The molecule has 1 saturated heterocycles. The highest BCUT2D eigenvalue weighted by Gasteiger charge is 2.24. The summed E-state index contributed by atoms with van der Waals surface area (Å²) in [6, 6.07) is 14.1. The molecule has 0 unspecified atom stereocenters. The van der Waals surface area contributed by atoms with Crippen molar-refractivity contribution < 1.29 is 4.79 Å². The molecule has 2 amide bonds. The van der Waals surface area contributed by atoms with Gasteiger partial charge in [0.05, 0.1) is 13.1 Å². The number of urea groups is 1. The van der Waals surface area contributed by atoms with Gasteiger partial charge in [-0.1, -0.05) is 30.3 Å². The van der Waals surface area contributed by atoms with E-state index in [0.717, 1.165) is 48.6 Å². The molecular weight excluding hydrogens is 338 g/mol. The smallest absolute Gasteiger partial charge is 0.321 e. The van der Waals surface area contributed by atoms with Gasteiger partial charge in [0.2, 0.25) is 0 Å². The molecule has 0 atom stereocenters. The summed E-state index contributed by atoms with van der Waals surface area (Å²) < 4.78 is 0. The van der Waals surface area contributed by atoms with Crippen LogP contribution in [0.4, 0.5) is 10.5 Å². The van der Waals surface area contributed by atoms with Gasteiger partial charge in [0.1, 0.15) is 0 Å². The largest absolute Gasteiger partial charge is 0.322 e. The summed E-state index contributed by atoms with van der Waals surface area (Å²) in [6.45, 7) is 4.46. The number of piperazine rings is 1. The maximum Gasteiger partial charge on any atom is 0.321 e. The molecule has 0 bridgehead atoms. The number of amides is 2. The van der Waals surface area contributed by atoms with E-state index in [9.17, 15) is 10.1 Å². The van der Waals surface area contributed by atoms with Crippen LogP contribution in [0.1, 0.15) is 11.1 Å². The number of hydrogen-bond donors (Lipinski definition) is 1. The second-order valence-corrected chi connectivity index (χ2v) is 7.20. The monoisotopic (exact) mass is 361 g/mol. The average molecular weight is 361 g/mol. The number of nitrogens with one attached hydrogen (secondary N) is 1. The van der Waals surface area contributed by atoms with E-state index in [1.807, 2.05) is 35.2 Å². The molecule has 2 aliphatic rings. The van der Waals surface area contributed by atoms with Crippen molar-refractivity contribution in [2.45, 2.75) is 13.1 Å². The molecule has 1 fully saturated rings. The lowest BCUT2D eigenvalue weighted by Crippen LogP contribution is -2.48. The van der Waals surface area contributed by atoms with E-state index in [4.69, 9.17) is 0 Å². The molecule has 4 rings (SSSR count). The minimum atomic E-state index is -0.0582. The highest BCUT2D eigenvalue weighted by atomic mass is 16.2. The lowest BCUT2D eigenvalue weighted by atomic mass is 9.96. The Morgan fingerprint density at radius 3 is 2.52 bits per heavy atom. The van der Waals surface area contributed by atoms with Gasteiger partial charge in [0, 0.05) is 31.9 Å². The Balaban J connectivity index is 1.63. The molecule has 1 N–H and O–H groups in total. The minimum Gasteiger partial charge on any atom is -0.322 e. The third kappa shape index (κ3) is 3.60. The molecule has 0 radical (unpaired) electrons. The van der Waals surface area contributed by atoms with Gasteiger partial charge < -0.3 is 20.0 Å². The molecule has 0 spiro atoms. The molecule has 0 aliphatic carbocycles. The van der Waals surface area contributed by atoms with Gasteiger partial charge >= 0.3 is 6.03 Å². The average Bonchev–Trinajstić information content (AvgIpc) is 3.11. The van der Waals surface area contributed by atoms with Crippen molar-refractivity contribution >= 4 is 11.7 Å². The Bertz CT molecular complexity index is 881. The fourth-order valence-electron chi connectivity index (χ4n) is 3.74. The molecule has 27 heavy (non-hydrogen) atoms. The van der Waals surface area contributed by atoms with Gasteiger partial charge in [-0.15, -0.1) is 0 Å². The minimum absolute atomic E-state index is 0.0582. The first-order chi connectivity index (χ1) is 13.1. The lowest BCUT2D eigenvalue weighted by Gasteiger charge is -2.32. The molecule has 138 valence electrons. The summed E-state index contributed by atoms with van der Waals surface area (Å²) in [7, 11) is 2.07. The zero-order valence-electron chi connectivity index (χ0n) is 15.5. The van der Waals surface area contributed by atoms with Gasteiger partial charge in [-0.25, -0.2) is 4.79 Å². The fourth-order valence-corrected chi connectivity index (χ4v) is 3.74. The Morgan fingerprint density at radius 1 is 1.07 bits per heavy atom. The van der Waals surface area contributed by atoms with Crippen LogP contribution < -0.4 is 5.32 Å². The van der Waals surface area contributed by atoms with Crippen molar-refractivity contribution in [3.8, 4) is 17.3 Å². The highest BCUT2D eigenvalue weighted by Crippen LogP contribution is 2.35. The first-order valence-corrected chi connectivity index (χ1v) is 9.24. The van der Waals surface area contributed by atoms with Crippen LogP contribution in [0, 0.1) is 11.5 Å². The Hall–Kier alpha value is -3.04. The Morgan fingerprint density at radius 2 is 1.81 bits per heavy atom. The summed E-state index contributed by atoms with van der Waals surface area (Å²) in [5, 5.41) is 12.4. The highest BCUT2D eigenvalue weighted by molar-refractivity contribution is 5.91. The van der Waals surface area contributed by atoms with Gasteiger partial charge in [0.25, 0.3) is 0 Å². The van der Waals surface area contributed by atoms with Crippen LogP contribution in [0.25, 0.3) is 11.1 Å². The van der Waals surface area contributed by atoms with Crippen molar-refractivity contribution in [1.29, 1.82) is 5.26 Å². The van der Waals surface area contributed by atoms with E-state index in [-0.39, 0.29) is 6.03 Å². The predicted octanol–water partition coefficient (Wildman–Crippen LogP) is 2.93. The molecule has 2 aromatic carbocycles. The van der Waals surface area contributed by atoms with E-state index >= 15 is 0 Å². The third-order valence-electron chi connectivity index (χ3n) is 5.32. The van der Waals surface area contributed by atoms with Gasteiger partial charge in [0.15, 0.2) is 6.19 Å². The second kappa shape index (κ2) is 7.29. The van der Waals surface area contributed by atoms with Crippen LogP contribution >= 0.6 is 0 Å². The maximum absolute atomic E-state index is 12.7. The van der Waals surface area contributed by atoms with Gasteiger partial charge in [-0.3, -0.25) is 0 Å². The first-order valence-electron chi connectivity index (χ1n) is 9.24. The van der Waals surface area contributed by atoms with Crippen molar-refractivity contribution in [3.05, 3.63) is 53.6 Å². The standard InChI is InChI=1S/C21H23N5O/c1-24-7-9-26(10-8-24)21(27)23-18-11-17-13-25(15-22)14-20(17)19(12-18)16-5-3-2-4-6-16/h2-6,11-12H,7-10,13-14H2,1H3,(H,23,27). The lowest BCUT2D eigenvalue weighted by molar-refractivity contribution is 0.164. The molecule has 0 aromatic heterocycles. The summed E-state index contributed by atoms with van der Waals surface area (Å²) in [5.74, 6) is 0. The second-order valence-electron chi connectivity index (χ2n) is 7.20. The SMILES string of the molecule is CN1CCN(C(=O)Nc2cc3c(c(-c4ccccc4)c2)CN(C#N)C3)CC1. The predicted molar refractivity (Wildman–Crippen MR) is 105 cm³/mol. The quantitative estimate of drug-likeness (QED) is 0.836. The number of carbonyl (C=O) groups is 1. The van der Waals surface area contributed by atoms with Crippen LogP contribution in [0.2, 0.25) is 0 Å². The molecule has 2 heterocycles. The Labute approximate surface area is 159 Å². The van der Waals surface area contributed by atoms with Crippen LogP contribution in [0.15, 0.2) is 42.5 Å². The summed E-state index contributed by atoms with van der Waals surface area (Å²) >= 11 is 0. The van der Waals surface area contributed by atoms with Gasteiger partial charge in [-0.05, 0) is 41.4 Å². The molecule has 6 heteroatoms. The zero-order valence-corrected chi connectivity index (χ0v) is 15.5. The van der Waals surface area contributed by atoms with Crippen LogP contribution in [0.5, 0.6) is 0 Å². The number of nitriles is 1. The topological polar surface area (TPSA) is 62.6 Å². The summed E-state index contributed by atoms with van der Waals surface area (Å²) in [5.41, 5.74) is 5.24. The molecule has 0 saturated carbocycles. The van der Waals surface area contributed by atoms with E-state index in [2.05, 4.69) is 35.6 Å². The maximum atomic E-state index is 12.7. The van der Waals surface area contributed by atoms with Crippen molar-refractivity contribution in [3.63, 3.8) is 0 Å². The number of hydrogen-bond acceptors (Lipinski definition) is 4. The van der Waals surface area contributed by atoms with E-state index in [1.165, 1.54) is 5.56 Å². The number of anilines is 1. The molecule has 2 aliphatic heterocycles. The van der Waals surface area contributed by atoms with Crippen LogP contribution in [-0.2, 0) is 13.1 Å². The number of nitrogens with zero attached hydrogens (tertiary/aromatic N) is 4. The van der Waals surface area contributed by atoms with E-state index in [0.29, 0.717) is 13.1 Å². The third-order valence-corrected chi connectivity index (χ3v) is 5.32. The first kappa shape index (κ1) is 17.4. The summed E-state index contributed by atoms with van der Waals surface area (Å²) in [4.78, 5) is 18.5. The summed E-state index contributed by atoms with van der Waals surface area (Å²) in [6.07, 6.45) is 2.24. The van der Waals surface area contributed by atoms with E-state index < -0.39 is 0 Å². The zero-order chi connectivity index (χ0) is 18.8. The van der Waals surface area contributed by atoms with E-state index in [1.54, 1.807) is 4.90 Å². The molecule has 6 nitrogen and oxygen atoms in total. The van der Waals surface area contributed by atoms with Crippen molar-refractivity contribution in [2.75, 3.05) is 38.5 Å². The number of fused-ring (bicyclic) bond motifs is 1. The normalized spacial score (nSPS) is 16.7. The van der Waals surface area contributed by atoms with Crippen LogP contribution in [0.3, 0.4) is 0 Å². The molecular formula is C21H23N5O. The number of rotatable bonds is 2. The molecule has 2 aromatic rings. The van der Waals surface area contributed by atoms with Crippen molar-refractivity contribution in [1.82, 2.24) is 14.7 Å². The number of benzene rings is 2. The Kier molecular flexibility index (Phi) is 4.69. The van der Waals surface area contributed by atoms with Crippen LogP contribution in [-0.4, -0.2) is 54.0 Å². The number of likely N-dealkylation sites (N-methyl/N-ethyl adjacent to an activating group) is 1. The van der Waals surface area contributed by atoms with Gasteiger partial charge in [-0.2, -0.15) is 5.26 Å². The number of carbonyl (C=O) groups excluding carboxylic acids is 1. The fraction of sp³-hybridized carbons (Fsp3) is 0.333. The van der Waals surface area contributed by atoms with Crippen molar-refractivity contribution in [2.24, 2.45) is 0 Å².